The molecule has 0 amide bonds. The molecule has 2 aromatic rings. The van der Waals surface area contributed by atoms with E-state index >= 15 is 0 Å². The number of rotatable bonds is 6. The number of aromatic nitrogens is 5. The molecule has 6 nitrogen and oxygen atoms in total. The standard InChI is InChI=1S/C11H16N6/c12-5-2-1-4-10-8-17(16-15-10)9-11-13-6-3-7-14-11/h3,6-8H,1-2,4-5,9,12H2. The minimum Gasteiger partial charge on any atom is -0.330 e. The van der Waals surface area contributed by atoms with Crippen LogP contribution in [0.3, 0.4) is 0 Å². The van der Waals surface area contributed by atoms with Crippen LogP contribution in [-0.4, -0.2) is 31.5 Å². The van der Waals surface area contributed by atoms with E-state index < -0.39 is 0 Å². The van der Waals surface area contributed by atoms with Crippen LogP contribution < -0.4 is 5.73 Å². The topological polar surface area (TPSA) is 82.5 Å². The lowest BCUT2D eigenvalue weighted by molar-refractivity contribution is 0.624. The second-order valence-electron chi connectivity index (χ2n) is 3.82. The van der Waals surface area contributed by atoms with Gasteiger partial charge in [-0.3, -0.25) is 0 Å². The highest BCUT2D eigenvalue weighted by molar-refractivity contribution is 4.95. The zero-order valence-corrected chi connectivity index (χ0v) is 9.66. The summed E-state index contributed by atoms with van der Waals surface area (Å²) in [4.78, 5) is 8.28. The van der Waals surface area contributed by atoms with Crippen molar-refractivity contribution in [3.05, 3.63) is 36.2 Å². The first-order valence-electron chi connectivity index (χ1n) is 5.73. The van der Waals surface area contributed by atoms with Gasteiger partial charge in [-0.1, -0.05) is 5.21 Å². The Morgan fingerprint density at radius 3 is 2.76 bits per heavy atom. The first-order valence-corrected chi connectivity index (χ1v) is 5.73. The molecule has 2 N–H and O–H groups in total. The van der Waals surface area contributed by atoms with Gasteiger partial charge in [-0.15, -0.1) is 5.10 Å². The molecule has 0 saturated heterocycles. The van der Waals surface area contributed by atoms with Gasteiger partial charge in [0.2, 0.25) is 0 Å². The monoisotopic (exact) mass is 232 g/mol. The predicted molar refractivity (Wildman–Crippen MR) is 63.1 cm³/mol. The molecule has 0 radical (unpaired) electrons. The Hall–Kier alpha value is -1.82. The highest BCUT2D eigenvalue weighted by Gasteiger charge is 2.02. The number of hydrogen-bond donors (Lipinski definition) is 1. The maximum absolute atomic E-state index is 5.44. The Morgan fingerprint density at radius 2 is 2.00 bits per heavy atom. The molecule has 0 saturated carbocycles. The van der Waals surface area contributed by atoms with E-state index in [1.54, 1.807) is 23.1 Å². The molecule has 0 bridgehead atoms. The molecule has 0 atom stereocenters. The fraction of sp³-hybridized carbons (Fsp3) is 0.455. The van der Waals surface area contributed by atoms with Crippen LogP contribution in [0.25, 0.3) is 0 Å². The summed E-state index contributed by atoms with van der Waals surface area (Å²) >= 11 is 0. The van der Waals surface area contributed by atoms with E-state index in [0.717, 1.165) is 37.3 Å². The van der Waals surface area contributed by atoms with Crippen LogP contribution in [0.5, 0.6) is 0 Å². The van der Waals surface area contributed by atoms with Crippen LogP contribution >= 0.6 is 0 Å². The van der Waals surface area contributed by atoms with E-state index in [4.69, 9.17) is 5.73 Å². The third kappa shape index (κ3) is 3.60. The Morgan fingerprint density at radius 1 is 1.18 bits per heavy atom. The van der Waals surface area contributed by atoms with Gasteiger partial charge in [0.1, 0.15) is 12.4 Å². The average molecular weight is 232 g/mol. The molecule has 90 valence electrons. The highest BCUT2D eigenvalue weighted by Crippen LogP contribution is 2.01. The molecule has 2 aromatic heterocycles. The lowest BCUT2D eigenvalue weighted by Crippen LogP contribution is -2.04. The average Bonchev–Trinajstić information content (AvgIpc) is 2.79. The highest BCUT2D eigenvalue weighted by atomic mass is 15.4. The summed E-state index contributed by atoms with van der Waals surface area (Å²) in [6.45, 7) is 1.29. The van der Waals surface area contributed by atoms with Crippen molar-refractivity contribution in [2.75, 3.05) is 6.54 Å². The summed E-state index contributed by atoms with van der Waals surface area (Å²) in [6.07, 6.45) is 8.38. The van der Waals surface area contributed by atoms with Crippen molar-refractivity contribution in [1.29, 1.82) is 0 Å². The first kappa shape index (κ1) is 11.7. The van der Waals surface area contributed by atoms with E-state index in [1.807, 2.05) is 6.20 Å². The number of nitrogens with two attached hydrogens (primary N) is 1. The second kappa shape index (κ2) is 6.05. The van der Waals surface area contributed by atoms with Crippen molar-refractivity contribution < 1.29 is 0 Å². The van der Waals surface area contributed by atoms with Crippen LogP contribution in [-0.2, 0) is 13.0 Å². The quantitative estimate of drug-likeness (QED) is 0.729. The van der Waals surface area contributed by atoms with Gasteiger partial charge in [0, 0.05) is 18.6 Å². The Kier molecular flexibility index (Phi) is 4.15. The molecular formula is C11H16N6. The molecule has 0 spiro atoms. The minimum atomic E-state index is 0.560. The van der Waals surface area contributed by atoms with E-state index in [1.165, 1.54) is 0 Å². The van der Waals surface area contributed by atoms with Crippen molar-refractivity contribution in [2.45, 2.75) is 25.8 Å². The van der Waals surface area contributed by atoms with Crippen LogP contribution in [0, 0.1) is 0 Å². The maximum Gasteiger partial charge on any atom is 0.149 e. The van der Waals surface area contributed by atoms with Gasteiger partial charge in [-0.2, -0.15) is 0 Å². The molecule has 17 heavy (non-hydrogen) atoms. The molecule has 0 aliphatic carbocycles. The zero-order chi connectivity index (χ0) is 11.9. The van der Waals surface area contributed by atoms with Crippen molar-refractivity contribution in [1.82, 2.24) is 25.0 Å². The number of nitrogens with zero attached hydrogens (tertiary/aromatic N) is 5. The Balaban J connectivity index is 1.90. The molecule has 0 unspecified atom stereocenters. The summed E-state index contributed by atoms with van der Waals surface area (Å²) in [7, 11) is 0. The third-order valence-corrected chi connectivity index (χ3v) is 2.40. The largest absolute Gasteiger partial charge is 0.330 e. The van der Waals surface area contributed by atoms with Crippen LogP contribution in [0.4, 0.5) is 0 Å². The van der Waals surface area contributed by atoms with Crippen LogP contribution in [0.15, 0.2) is 24.7 Å². The van der Waals surface area contributed by atoms with E-state index in [9.17, 15) is 0 Å². The first-order chi connectivity index (χ1) is 8.38. The van der Waals surface area contributed by atoms with Crippen LogP contribution in [0.2, 0.25) is 0 Å². The van der Waals surface area contributed by atoms with Crippen molar-refractivity contribution in [3.63, 3.8) is 0 Å². The number of unbranched alkanes of at least 4 members (excludes halogenated alkanes) is 1. The van der Waals surface area contributed by atoms with E-state index in [0.29, 0.717) is 6.54 Å². The Bertz CT molecular complexity index is 438. The van der Waals surface area contributed by atoms with E-state index in [2.05, 4.69) is 20.3 Å². The molecule has 0 aliphatic rings. The number of aryl methyl sites for hydroxylation is 1. The van der Waals surface area contributed by atoms with Gasteiger partial charge in [-0.25, -0.2) is 14.6 Å². The number of hydrogen-bond acceptors (Lipinski definition) is 5. The van der Waals surface area contributed by atoms with Gasteiger partial charge in [-0.05, 0) is 31.9 Å². The SMILES string of the molecule is NCCCCc1cn(Cc2ncccn2)nn1. The second-order valence-corrected chi connectivity index (χ2v) is 3.82. The van der Waals surface area contributed by atoms with Gasteiger partial charge >= 0.3 is 0 Å². The van der Waals surface area contributed by atoms with Crippen molar-refractivity contribution in [3.8, 4) is 0 Å². The van der Waals surface area contributed by atoms with E-state index in [-0.39, 0.29) is 0 Å². The normalized spacial score (nSPS) is 10.6. The lowest BCUT2D eigenvalue weighted by Gasteiger charge is -1.97. The third-order valence-electron chi connectivity index (χ3n) is 2.40. The van der Waals surface area contributed by atoms with Gasteiger partial charge in [0.05, 0.1) is 5.69 Å². The molecule has 2 heterocycles. The zero-order valence-electron chi connectivity index (χ0n) is 9.66. The molecule has 0 aliphatic heterocycles. The summed E-state index contributed by atoms with van der Waals surface area (Å²) in [5.41, 5.74) is 6.44. The molecule has 0 aromatic carbocycles. The summed E-state index contributed by atoms with van der Waals surface area (Å²) in [5.74, 6) is 0.742. The minimum absolute atomic E-state index is 0.560. The fourth-order valence-electron chi connectivity index (χ4n) is 1.54. The van der Waals surface area contributed by atoms with Gasteiger partial charge in [0.25, 0.3) is 0 Å². The van der Waals surface area contributed by atoms with Crippen LogP contribution in [0.1, 0.15) is 24.4 Å². The summed E-state index contributed by atoms with van der Waals surface area (Å²) < 4.78 is 1.76. The van der Waals surface area contributed by atoms with Crippen molar-refractivity contribution in [2.24, 2.45) is 5.73 Å². The smallest absolute Gasteiger partial charge is 0.149 e. The molecular weight excluding hydrogens is 216 g/mol. The summed E-state index contributed by atoms with van der Waals surface area (Å²) in [6, 6.07) is 1.79. The summed E-state index contributed by atoms with van der Waals surface area (Å²) in [5, 5.41) is 8.15. The maximum atomic E-state index is 5.44. The molecule has 6 heteroatoms. The predicted octanol–water partition coefficient (Wildman–Crippen LogP) is 0.398. The Labute approximate surface area is 99.9 Å². The fourth-order valence-corrected chi connectivity index (χ4v) is 1.54. The lowest BCUT2D eigenvalue weighted by atomic mass is 10.2. The van der Waals surface area contributed by atoms with Gasteiger partial charge in [0.15, 0.2) is 0 Å². The van der Waals surface area contributed by atoms with Gasteiger partial charge < -0.3 is 5.73 Å². The van der Waals surface area contributed by atoms with Crippen molar-refractivity contribution >= 4 is 0 Å². The molecule has 0 fully saturated rings. The molecule has 2 rings (SSSR count).